The van der Waals surface area contributed by atoms with E-state index in [0.29, 0.717) is 11.1 Å². The molecule has 0 fully saturated rings. The number of hydrogen-bond acceptors (Lipinski definition) is 3. The molecule has 0 saturated carbocycles. The van der Waals surface area contributed by atoms with E-state index in [0.717, 1.165) is 11.1 Å². The van der Waals surface area contributed by atoms with Gasteiger partial charge < -0.3 is 5.11 Å². The summed E-state index contributed by atoms with van der Waals surface area (Å²) in [7, 11) is 0. The molecule has 0 aliphatic rings. The minimum Gasteiger partial charge on any atom is -0.382 e. The Morgan fingerprint density at radius 1 is 0.630 bits per heavy atom. The molecule has 27 heavy (non-hydrogen) atoms. The van der Waals surface area contributed by atoms with E-state index >= 15 is 0 Å². The van der Waals surface area contributed by atoms with Crippen molar-refractivity contribution in [1.29, 1.82) is 0 Å². The number of benzene rings is 2. The maximum Gasteiger partial charge on any atom is 0.193 e. The molecular weight excluding hydrogens is 336 g/mol. The summed E-state index contributed by atoms with van der Waals surface area (Å²) in [6, 6.07) is 15.1. The summed E-state index contributed by atoms with van der Waals surface area (Å²) in [5, 5.41) is 9.90. The Balaban J connectivity index is 2.30. The lowest BCUT2D eigenvalue weighted by Crippen LogP contribution is -2.31. The molecule has 0 heterocycles. The third-order valence-corrected chi connectivity index (χ3v) is 4.97. The van der Waals surface area contributed by atoms with Crippen molar-refractivity contribution in [3.05, 3.63) is 70.8 Å². The van der Waals surface area contributed by atoms with Gasteiger partial charge in [-0.1, -0.05) is 83.1 Å². The average Bonchev–Trinajstić information content (AvgIpc) is 2.59. The van der Waals surface area contributed by atoms with Crippen LogP contribution in [-0.2, 0) is 5.41 Å². The normalized spacial score (nSPS) is 12.7. The van der Waals surface area contributed by atoms with Crippen LogP contribution in [0.3, 0.4) is 0 Å². The summed E-state index contributed by atoms with van der Waals surface area (Å²) in [6.45, 7) is 13.0. The van der Waals surface area contributed by atoms with E-state index in [-0.39, 0.29) is 17.0 Å². The zero-order chi connectivity index (χ0) is 20.6. The van der Waals surface area contributed by atoms with E-state index in [9.17, 15) is 14.7 Å². The van der Waals surface area contributed by atoms with Gasteiger partial charge in [0.2, 0.25) is 0 Å². The quantitative estimate of drug-likeness (QED) is 0.741. The molecule has 0 bridgehead atoms. The van der Waals surface area contributed by atoms with Crippen LogP contribution in [0.2, 0.25) is 0 Å². The molecule has 0 unspecified atom stereocenters. The van der Waals surface area contributed by atoms with Gasteiger partial charge in [-0.3, -0.25) is 9.59 Å². The molecule has 0 aliphatic carbocycles. The van der Waals surface area contributed by atoms with Gasteiger partial charge in [0.15, 0.2) is 11.6 Å². The predicted octanol–water partition coefficient (Wildman–Crippen LogP) is 5.19. The molecule has 2 rings (SSSR count). The fourth-order valence-corrected chi connectivity index (χ4v) is 3.03. The second-order valence-corrected chi connectivity index (χ2v) is 9.25. The van der Waals surface area contributed by atoms with Crippen LogP contribution in [0.25, 0.3) is 0 Å². The fraction of sp³-hybridized carbons (Fsp3) is 0.417. The van der Waals surface area contributed by atoms with Crippen LogP contribution >= 0.6 is 0 Å². The average molecular weight is 367 g/mol. The van der Waals surface area contributed by atoms with E-state index in [2.05, 4.69) is 13.8 Å². The molecule has 2 aromatic carbocycles. The molecule has 2 aromatic rings. The molecule has 0 amide bonds. The molecule has 0 atom stereocenters. The smallest absolute Gasteiger partial charge is 0.193 e. The Bertz CT molecular complexity index is 756. The largest absolute Gasteiger partial charge is 0.382 e. The first-order chi connectivity index (χ1) is 12.2. The predicted molar refractivity (Wildman–Crippen MR) is 109 cm³/mol. The monoisotopic (exact) mass is 366 g/mol. The van der Waals surface area contributed by atoms with Crippen molar-refractivity contribution in [2.45, 2.75) is 59.5 Å². The number of Topliss-reactive ketones (excluding diaryl/α,β-unsaturated/α-hetero) is 2. The van der Waals surface area contributed by atoms with Crippen LogP contribution in [0.15, 0.2) is 48.5 Å². The van der Waals surface area contributed by atoms with E-state index in [1.54, 1.807) is 12.1 Å². The first-order valence-corrected chi connectivity index (χ1v) is 9.27. The highest BCUT2D eigenvalue weighted by Gasteiger charge is 2.28. The maximum atomic E-state index is 12.4. The topological polar surface area (TPSA) is 54.4 Å². The van der Waals surface area contributed by atoms with Crippen molar-refractivity contribution >= 4 is 11.6 Å². The van der Waals surface area contributed by atoms with Crippen LogP contribution in [0, 0.1) is 5.41 Å². The van der Waals surface area contributed by atoms with Crippen molar-refractivity contribution in [2.24, 2.45) is 5.41 Å². The lowest BCUT2D eigenvalue weighted by atomic mass is 9.77. The van der Waals surface area contributed by atoms with Gasteiger partial charge in [-0.2, -0.15) is 0 Å². The second kappa shape index (κ2) is 7.05. The van der Waals surface area contributed by atoms with Crippen molar-refractivity contribution in [2.75, 3.05) is 0 Å². The number of hydrogen-bond donors (Lipinski definition) is 1. The van der Waals surface area contributed by atoms with Gasteiger partial charge >= 0.3 is 0 Å². The Kier molecular flexibility index (Phi) is 5.49. The van der Waals surface area contributed by atoms with Gasteiger partial charge in [0, 0.05) is 22.0 Å². The van der Waals surface area contributed by atoms with Gasteiger partial charge in [0.05, 0.1) is 0 Å². The molecule has 0 aliphatic heterocycles. The second-order valence-electron chi connectivity index (χ2n) is 9.25. The third kappa shape index (κ3) is 4.54. The summed E-state index contributed by atoms with van der Waals surface area (Å²) in [6.07, 6.45) is 0. The van der Waals surface area contributed by atoms with E-state index in [1.807, 2.05) is 57.2 Å². The first-order valence-electron chi connectivity index (χ1n) is 9.27. The van der Waals surface area contributed by atoms with E-state index in [1.165, 1.54) is 13.8 Å². The van der Waals surface area contributed by atoms with Crippen LogP contribution in [0.4, 0.5) is 0 Å². The van der Waals surface area contributed by atoms with Gasteiger partial charge in [0.1, 0.15) is 5.60 Å². The molecule has 0 saturated heterocycles. The van der Waals surface area contributed by atoms with Gasteiger partial charge in [0.25, 0.3) is 0 Å². The Labute approximate surface area is 162 Å². The molecule has 0 aromatic heterocycles. The minimum atomic E-state index is -1.38. The Morgan fingerprint density at radius 2 is 0.963 bits per heavy atom. The Hall–Kier alpha value is -2.26. The first kappa shape index (κ1) is 21.0. The summed E-state index contributed by atoms with van der Waals surface area (Å²) in [4.78, 5) is 24.6. The van der Waals surface area contributed by atoms with Crippen molar-refractivity contribution in [3.8, 4) is 0 Å². The molecule has 3 nitrogen and oxygen atoms in total. The number of aliphatic hydroxyl groups is 1. The lowest BCUT2D eigenvalue weighted by molar-refractivity contribution is 0.0488. The molecule has 1 N–H and O–H groups in total. The van der Waals surface area contributed by atoms with E-state index in [4.69, 9.17) is 0 Å². The fourth-order valence-electron chi connectivity index (χ4n) is 3.03. The maximum absolute atomic E-state index is 12.4. The van der Waals surface area contributed by atoms with E-state index < -0.39 is 11.0 Å². The van der Waals surface area contributed by atoms with Crippen LogP contribution in [-0.4, -0.2) is 22.3 Å². The number of rotatable bonds is 5. The number of carbonyl (C=O) groups excluding carboxylic acids is 2. The molecular formula is C24H30O3. The minimum absolute atomic E-state index is 0.126. The van der Waals surface area contributed by atoms with Gasteiger partial charge in [-0.05, 0) is 25.0 Å². The molecule has 0 spiro atoms. The SMILES string of the molecule is CC(C)(C)C(=O)c1ccc(C(C)(C)c2ccc(C(=O)C(C)(C)O)cc2)cc1. The summed E-state index contributed by atoms with van der Waals surface area (Å²) >= 11 is 0. The lowest BCUT2D eigenvalue weighted by Gasteiger charge is -2.27. The summed E-state index contributed by atoms with van der Waals surface area (Å²) in [5.41, 5.74) is 1.30. The third-order valence-electron chi connectivity index (χ3n) is 4.97. The Morgan fingerprint density at radius 3 is 1.26 bits per heavy atom. The number of ketones is 2. The molecule has 0 radical (unpaired) electrons. The van der Waals surface area contributed by atoms with Crippen LogP contribution < -0.4 is 0 Å². The summed E-state index contributed by atoms with van der Waals surface area (Å²) < 4.78 is 0. The molecule has 144 valence electrons. The van der Waals surface area contributed by atoms with Crippen LogP contribution in [0.5, 0.6) is 0 Å². The highest BCUT2D eigenvalue weighted by atomic mass is 16.3. The summed E-state index contributed by atoms with van der Waals surface area (Å²) in [5.74, 6) is -0.168. The number of carbonyl (C=O) groups is 2. The van der Waals surface area contributed by atoms with Crippen LogP contribution in [0.1, 0.15) is 80.3 Å². The highest BCUT2D eigenvalue weighted by molar-refractivity contribution is 6.01. The van der Waals surface area contributed by atoms with Crippen molar-refractivity contribution in [3.63, 3.8) is 0 Å². The van der Waals surface area contributed by atoms with Crippen molar-refractivity contribution in [1.82, 2.24) is 0 Å². The standard InChI is InChI=1S/C24H30O3/c1-22(2,3)20(25)16-8-12-18(13-9-16)23(4,5)19-14-10-17(11-15-19)21(26)24(6,7)27/h8-15,27H,1-7H3. The van der Waals surface area contributed by atoms with Crippen molar-refractivity contribution < 1.29 is 14.7 Å². The van der Waals surface area contributed by atoms with Gasteiger partial charge in [-0.15, -0.1) is 0 Å². The zero-order valence-corrected chi connectivity index (χ0v) is 17.4. The zero-order valence-electron chi connectivity index (χ0n) is 17.4. The van der Waals surface area contributed by atoms with Gasteiger partial charge in [-0.25, -0.2) is 0 Å². The molecule has 3 heteroatoms. The highest BCUT2D eigenvalue weighted by Crippen LogP contribution is 2.32.